The van der Waals surface area contributed by atoms with Crippen molar-refractivity contribution in [3.8, 4) is 0 Å². The third-order valence-corrected chi connectivity index (χ3v) is 3.07. The summed E-state index contributed by atoms with van der Waals surface area (Å²) in [7, 11) is -3.42. The summed E-state index contributed by atoms with van der Waals surface area (Å²) in [6.45, 7) is 2.08. The molecule has 0 radical (unpaired) electrons. The molecule has 6 nitrogen and oxygen atoms in total. The van der Waals surface area contributed by atoms with E-state index in [4.69, 9.17) is 4.42 Å². The molecule has 0 saturated heterocycles. The molecule has 21 heavy (non-hydrogen) atoms. The van der Waals surface area contributed by atoms with Crippen LogP contribution in [0.1, 0.15) is 11.5 Å². The molecular weight excluding hydrogens is 290 g/mol. The predicted octanol–water partition coefficient (Wildman–Crippen LogP) is 2.11. The Balaban J connectivity index is 2.15. The first-order valence-electron chi connectivity index (χ1n) is 6.32. The van der Waals surface area contributed by atoms with E-state index in [9.17, 15) is 8.42 Å². The van der Waals surface area contributed by atoms with Gasteiger partial charge in [0.05, 0.1) is 6.26 Å². The van der Waals surface area contributed by atoms with Gasteiger partial charge < -0.3 is 9.73 Å². The lowest BCUT2D eigenvalue weighted by Crippen LogP contribution is -2.35. The van der Waals surface area contributed by atoms with Crippen LogP contribution in [0.2, 0.25) is 0 Å². The lowest BCUT2D eigenvalue weighted by molar-refractivity contribution is 0.486. The number of aryl methyl sites for hydroxylation is 1. The maximum absolute atomic E-state index is 11.4. The fourth-order valence-electron chi connectivity index (χ4n) is 1.66. The van der Waals surface area contributed by atoms with E-state index >= 15 is 0 Å². The second kappa shape index (κ2) is 6.45. The number of hydrogen-bond donors (Lipinski definition) is 2. The zero-order valence-corrected chi connectivity index (χ0v) is 12.6. The van der Waals surface area contributed by atoms with Gasteiger partial charge in [-0.2, -0.15) is 0 Å². The molecule has 1 aromatic heterocycles. The number of furan rings is 1. The van der Waals surface area contributed by atoms with E-state index in [1.54, 1.807) is 6.07 Å². The third-order valence-electron chi connectivity index (χ3n) is 2.51. The van der Waals surface area contributed by atoms with Crippen molar-refractivity contribution in [3.05, 3.63) is 54.0 Å². The van der Waals surface area contributed by atoms with Crippen molar-refractivity contribution in [2.24, 2.45) is 4.99 Å². The summed E-state index contributed by atoms with van der Waals surface area (Å²) in [6.07, 6.45) is 1.08. The maximum atomic E-state index is 11.4. The predicted molar refractivity (Wildman–Crippen MR) is 82.6 cm³/mol. The van der Waals surface area contributed by atoms with Crippen molar-refractivity contribution in [2.45, 2.75) is 13.5 Å². The molecule has 1 heterocycles. The summed E-state index contributed by atoms with van der Waals surface area (Å²) in [4.78, 5) is 4.21. The van der Waals surface area contributed by atoms with Crippen molar-refractivity contribution in [3.63, 3.8) is 0 Å². The van der Waals surface area contributed by atoms with Gasteiger partial charge in [0.15, 0.2) is 0 Å². The minimum absolute atomic E-state index is 0.151. The van der Waals surface area contributed by atoms with Gasteiger partial charge in [-0.15, -0.1) is 0 Å². The van der Waals surface area contributed by atoms with E-state index in [2.05, 4.69) is 15.0 Å². The van der Waals surface area contributed by atoms with Gasteiger partial charge in [0, 0.05) is 5.69 Å². The summed E-state index contributed by atoms with van der Waals surface area (Å²) in [5.41, 5.74) is 0.739. The summed E-state index contributed by atoms with van der Waals surface area (Å²) in [5.74, 6) is 1.60. The van der Waals surface area contributed by atoms with Gasteiger partial charge in [-0.1, -0.05) is 18.2 Å². The van der Waals surface area contributed by atoms with Gasteiger partial charge in [-0.05, 0) is 31.2 Å². The Bertz CT molecular complexity index is 721. The quantitative estimate of drug-likeness (QED) is 0.669. The van der Waals surface area contributed by atoms with Gasteiger partial charge in [0.2, 0.25) is 16.0 Å². The molecule has 1 aromatic carbocycles. The molecule has 0 spiro atoms. The second-order valence-electron chi connectivity index (χ2n) is 4.54. The van der Waals surface area contributed by atoms with Crippen molar-refractivity contribution in [1.29, 1.82) is 0 Å². The summed E-state index contributed by atoms with van der Waals surface area (Å²) in [5, 5.41) is 2.93. The molecule has 0 fully saturated rings. The number of hydrogen-bond acceptors (Lipinski definition) is 4. The Morgan fingerprint density at radius 2 is 1.90 bits per heavy atom. The SMILES string of the molecule is Cc1ccc(CN=C(Nc2ccccc2)NS(C)(=O)=O)o1. The zero-order valence-electron chi connectivity index (χ0n) is 11.8. The van der Waals surface area contributed by atoms with Crippen LogP contribution in [0.4, 0.5) is 5.69 Å². The normalized spacial score (nSPS) is 12.2. The summed E-state index contributed by atoms with van der Waals surface area (Å²) >= 11 is 0. The molecule has 0 saturated carbocycles. The Morgan fingerprint density at radius 1 is 1.19 bits per heavy atom. The van der Waals surface area contributed by atoms with E-state index in [1.807, 2.05) is 43.3 Å². The highest BCUT2D eigenvalue weighted by Crippen LogP contribution is 2.08. The van der Waals surface area contributed by atoms with E-state index in [0.717, 1.165) is 17.7 Å². The van der Waals surface area contributed by atoms with Crippen molar-refractivity contribution in [1.82, 2.24) is 4.72 Å². The lowest BCUT2D eigenvalue weighted by atomic mass is 10.3. The van der Waals surface area contributed by atoms with Crippen LogP contribution < -0.4 is 10.0 Å². The van der Waals surface area contributed by atoms with Crippen LogP contribution in [0, 0.1) is 6.92 Å². The fourth-order valence-corrected chi connectivity index (χ4v) is 2.13. The Labute approximate surface area is 123 Å². The van der Waals surface area contributed by atoms with Gasteiger partial charge in [-0.25, -0.2) is 13.4 Å². The third kappa shape index (κ3) is 5.31. The first-order chi connectivity index (χ1) is 9.92. The van der Waals surface area contributed by atoms with Crippen LogP contribution in [0.15, 0.2) is 51.9 Å². The van der Waals surface area contributed by atoms with E-state index in [0.29, 0.717) is 5.76 Å². The number of sulfonamides is 1. The van der Waals surface area contributed by atoms with Crippen molar-refractivity contribution in [2.75, 3.05) is 11.6 Å². The molecule has 2 rings (SSSR count). The number of nitrogens with zero attached hydrogens (tertiary/aromatic N) is 1. The molecule has 0 aliphatic rings. The Kier molecular flexibility index (Phi) is 4.64. The fraction of sp³-hybridized carbons (Fsp3) is 0.214. The molecule has 2 aromatic rings. The average molecular weight is 307 g/mol. The van der Waals surface area contributed by atoms with Gasteiger partial charge in [0.1, 0.15) is 18.1 Å². The number of rotatable bonds is 4. The zero-order chi connectivity index (χ0) is 15.3. The first kappa shape index (κ1) is 15.1. The van der Waals surface area contributed by atoms with Crippen LogP contribution in [-0.4, -0.2) is 20.6 Å². The summed E-state index contributed by atoms with van der Waals surface area (Å²) < 4.78 is 30.5. The van der Waals surface area contributed by atoms with Gasteiger partial charge in [-0.3, -0.25) is 4.72 Å². The number of guanidine groups is 1. The Hall–Kier alpha value is -2.28. The largest absolute Gasteiger partial charge is 0.464 e. The monoisotopic (exact) mass is 307 g/mol. The topological polar surface area (TPSA) is 83.7 Å². The molecular formula is C14H17N3O3S. The summed E-state index contributed by atoms with van der Waals surface area (Å²) in [6, 6.07) is 12.8. The highest BCUT2D eigenvalue weighted by Gasteiger charge is 2.07. The number of benzene rings is 1. The molecule has 0 aliphatic carbocycles. The van der Waals surface area contributed by atoms with Crippen LogP contribution in [0.25, 0.3) is 0 Å². The molecule has 0 atom stereocenters. The highest BCUT2D eigenvalue weighted by atomic mass is 32.2. The maximum Gasteiger partial charge on any atom is 0.232 e. The second-order valence-corrected chi connectivity index (χ2v) is 6.29. The molecule has 0 amide bonds. The lowest BCUT2D eigenvalue weighted by Gasteiger charge is -2.10. The number of anilines is 1. The molecule has 2 N–H and O–H groups in total. The molecule has 0 aliphatic heterocycles. The van der Waals surface area contributed by atoms with Crippen molar-refractivity contribution >= 4 is 21.7 Å². The van der Waals surface area contributed by atoms with Crippen LogP contribution >= 0.6 is 0 Å². The van der Waals surface area contributed by atoms with E-state index < -0.39 is 10.0 Å². The van der Waals surface area contributed by atoms with Gasteiger partial charge in [0.25, 0.3) is 0 Å². The van der Waals surface area contributed by atoms with Crippen LogP contribution in [0.3, 0.4) is 0 Å². The molecule has 0 bridgehead atoms. The molecule has 7 heteroatoms. The molecule has 112 valence electrons. The van der Waals surface area contributed by atoms with E-state index in [1.165, 1.54) is 0 Å². The van der Waals surface area contributed by atoms with E-state index in [-0.39, 0.29) is 12.5 Å². The van der Waals surface area contributed by atoms with Crippen molar-refractivity contribution < 1.29 is 12.8 Å². The van der Waals surface area contributed by atoms with Crippen LogP contribution in [-0.2, 0) is 16.6 Å². The minimum atomic E-state index is -3.42. The van der Waals surface area contributed by atoms with Gasteiger partial charge >= 0.3 is 0 Å². The standard InChI is InChI=1S/C14H17N3O3S/c1-11-8-9-13(20-11)10-15-14(17-21(2,18)19)16-12-6-4-3-5-7-12/h3-9H,10H2,1-2H3,(H2,15,16,17). The first-order valence-corrected chi connectivity index (χ1v) is 8.21. The smallest absolute Gasteiger partial charge is 0.232 e. The number of para-hydroxylation sites is 1. The van der Waals surface area contributed by atoms with Crippen LogP contribution in [0.5, 0.6) is 0 Å². The molecule has 0 unspecified atom stereocenters. The average Bonchev–Trinajstić information content (AvgIpc) is 2.81. The number of aliphatic imine (C=N–C) groups is 1. The highest BCUT2D eigenvalue weighted by molar-refractivity contribution is 7.89. The minimum Gasteiger partial charge on any atom is -0.464 e. The number of nitrogens with one attached hydrogen (secondary N) is 2. The Morgan fingerprint density at radius 3 is 2.48 bits per heavy atom.